The zero-order valence-corrected chi connectivity index (χ0v) is 68.1. The van der Waals surface area contributed by atoms with E-state index in [2.05, 4.69) is 74.4 Å². The molecule has 52 heteroatoms. The Kier molecular flexibility index (Phi) is 32.9. The second-order valence-corrected chi connectivity index (χ2v) is 35.3. The van der Waals surface area contributed by atoms with Crippen LogP contribution in [0, 0.1) is 42.2 Å². The number of thioether (sulfide) groups is 3. The number of nitrogens with zero attached hydrogens (tertiary/aromatic N) is 15. The average Bonchev–Trinajstić information content (AvgIpc) is 1.60. The highest BCUT2D eigenvalue weighted by atomic mass is 32.2. The number of hydrogen-bond acceptors (Lipinski definition) is 38. The van der Waals surface area contributed by atoms with Gasteiger partial charge in [0.05, 0.1) is 67.5 Å². The highest BCUT2D eigenvalue weighted by Crippen LogP contribution is 2.46. The Morgan fingerprint density at radius 1 is 0.557 bits per heavy atom. The Bertz CT molecular complexity index is 6180. The van der Waals surface area contributed by atoms with Crippen molar-refractivity contribution in [2.45, 2.75) is 97.4 Å². The van der Waals surface area contributed by atoms with Crippen LogP contribution in [0.1, 0.15) is 74.1 Å². The second kappa shape index (κ2) is 41.3. The fraction of sp³-hybridized carbons (Fsp3) is 0.286. The maximum Gasteiger partial charge on any atom is 0.425 e. The number of fused-ring (bicyclic) bond motifs is 3. The molecule has 115 heavy (non-hydrogen) atoms. The number of azo groups is 4. The third-order valence-corrected chi connectivity index (χ3v) is 22.4. The van der Waals surface area contributed by atoms with Crippen LogP contribution in [0.3, 0.4) is 0 Å². The first kappa shape index (κ1) is 91.8. The second-order valence-electron chi connectivity index (χ2n) is 23.6. The third kappa shape index (κ3) is 28.8. The van der Waals surface area contributed by atoms with Crippen molar-refractivity contribution in [1.82, 2.24) is 24.3 Å². The Labute approximate surface area is 671 Å². The number of aryl methyl sites for hydroxylation is 2. The number of nitriles is 1. The number of nitro groups is 1. The van der Waals surface area contributed by atoms with Gasteiger partial charge >= 0.3 is 21.2 Å². The number of aromatic hydroxyl groups is 1. The molecule has 0 unspecified atom stereocenters. The Balaban J connectivity index is 0.00000218. The van der Waals surface area contributed by atoms with Crippen LogP contribution in [0.15, 0.2) is 169 Å². The lowest BCUT2D eigenvalue weighted by Crippen LogP contribution is -2.08. The maximum absolute atomic E-state index is 12.4. The molecule has 0 saturated carbocycles. The molecule has 0 saturated heterocycles. The number of nitrogens with one attached hydrogen (secondary N) is 2. The molecular formula is C63H65N17O25S10. The van der Waals surface area contributed by atoms with E-state index in [1.807, 2.05) is 0 Å². The van der Waals surface area contributed by atoms with Gasteiger partial charge in [-0.3, -0.25) is 37.3 Å². The van der Waals surface area contributed by atoms with Crippen LogP contribution in [-0.2, 0) is 71.8 Å². The van der Waals surface area contributed by atoms with Crippen molar-refractivity contribution >= 4 is 198 Å². The number of hydrogen-bond donors (Lipinski definition) is 8. The van der Waals surface area contributed by atoms with Gasteiger partial charge in [0.1, 0.15) is 45.0 Å². The number of aromatic nitrogens is 5. The summed E-state index contributed by atoms with van der Waals surface area (Å²) in [5, 5.41) is 75.6. The molecule has 0 fully saturated rings. The van der Waals surface area contributed by atoms with Gasteiger partial charge in [0.2, 0.25) is 17.8 Å². The van der Waals surface area contributed by atoms with Crippen molar-refractivity contribution in [2.24, 2.45) is 40.9 Å². The van der Waals surface area contributed by atoms with Gasteiger partial charge in [-0.05, 0) is 136 Å². The van der Waals surface area contributed by atoms with E-state index in [4.69, 9.17) is 40.1 Å². The van der Waals surface area contributed by atoms with Gasteiger partial charge in [0.15, 0.2) is 16.5 Å². The zero-order valence-electron chi connectivity index (χ0n) is 59.9. The normalized spacial score (nSPS) is 12.1. The molecule has 3 heterocycles. The minimum absolute atomic E-state index is 0.00607. The molecule has 9 rings (SSSR count). The van der Waals surface area contributed by atoms with Crippen LogP contribution < -0.4 is 15.4 Å². The molecule has 0 aliphatic carbocycles. The summed E-state index contributed by atoms with van der Waals surface area (Å²) >= 11 is 3.33. The number of imidazole rings is 1. The molecule has 0 atom stereocenters. The van der Waals surface area contributed by atoms with Gasteiger partial charge in [-0.25, -0.2) is 4.98 Å². The fourth-order valence-electron chi connectivity index (χ4n) is 9.89. The SMILES string of the molecule is CCCCCCSc1nc(Nc2cccc(S(=O)(=O)O)c2)nc(Nc2cc(N=Nc3cc(OCCCS(=O)(=O)O)c(N=Nc4c(C)c(C#N)c5nc6ccccc6n5c4O)cc3C)c(SCCCS(=O)(=O)O)cc2N=Nc2cc(C)c(N=Nc3ccc([N+](=O)[O-])cc3S(=O)(=O)O)cc2SCCCS(=O)(=O)O)n1.O=S(=O)=O.O=S(=O)=O. The molecule has 0 spiro atoms. The number of non-ortho nitro benzene ring substituents is 1. The quantitative estimate of drug-likeness (QED) is 0.00451. The van der Waals surface area contributed by atoms with E-state index in [0.29, 0.717) is 34.0 Å². The standard InChI is InChI=1S/C63H65N17O19S8.2O3S/c1-5-6-7-10-22-102-63-69-61(65-40-15-11-16-42(30-40)106(93,94)95)68-62(70-63)67-48-32-52(77-72-46-33-54(99-21-12-25-103(84,85)86)50(28-37(46)2)75-78-58-39(4)43(36-64)59-66-44-17-8-9-18-53(44)79(59)60(58)81)56(101-24-14-27-105(90,91)92)35-49(48)74-76-51-29-38(3)47(34-55(51)100-23-13-26-104(87,88)89)73-71-45-20-19-41(80(82)83)31-57(45)107(96,97)98;2*1-4(2)3/h8-9,11,15-20,28-35,81H,5-7,10,12-14,21-27H2,1-4H3,(H,84,85,86)(H,87,88,89)(H,90,91,92)(H,93,94,95)(H,96,97,98)(H2,65,67,68,69,70);;. The molecule has 612 valence electrons. The van der Waals surface area contributed by atoms with Crippen LogP contribution >= 0.6 is 35.3 Å². The topological polar surface area (TPSA) is 650 Å². The number of pyridine rings is 1. The molecule has 8 N–H and O–H groups in total. The highest BCUT2D eigenvalue weighted by molar-refractivity contribution is 8.00. The van der Waals surface area contributed by atoms with E-state index >= 15 is 0 Å². The van der Waals surface area contributed by atoms with Gasteiger partial charge in [-0.2, -0.15) is 72.5 Å². The highest BCUT2D eigenvalue weighted by Gasteiger charge is 2.25. The largest absolute Gasteiger partial charge is 0.493 e. The van der Waals surface area contributed by atoms with Gasteiger partial charge in [-0.1, -0.05) is 56.1 Å². The van der Waals surface area contributed by atoms with E-state index in [1.54, 1.807) is 45.0 Å². The molecule has 6 aromatic carbocycles. The van der Waals surface area contributed by atoms with Crippen LogP contribution in [0.2, 0.25) is 0 Å². The molecule has 0 aliphatic heterocycles. The van der Waals surface area contributed by atoms with Crippen molar-refractivity contribution < 1.29 is 105 Å². The van der Waals surface area contributed by atoms with Crippen molar-refractivity contribution in [1.29, 1.82) is 5.26 Å². The van der Waals surface area contributed by atoms with Crippen molar-refractivity contribution in [3.05, 3.63) is 135 Å². The van der Waals surface area contributed by atoms with Gasteiger partial charge in [0, 0.05) is 45.0 Å². The third-order valence-electron chi connectivity index (χ3n) is 15.1. The first-order valence-corrected chi connectivity index (χ1v) is 45.4. The van der Waals surface area contributed by atoms with Gasteiger partial charge in [-0.15, -0.1) is 79.5 Å². The van der Waals surface area contributed by atoms with Crippen molar-refractivity contribution in [3.63, 3.8) is 0 Å². The molecule has 0 radical (unpaired) electrons. The molecule has 0 bridgehead atoms. The summed E-state index contributed by atoms with van der Waals surface area (Å²) in [6.45, 7) is 6.47. The van der Waals surface area contributed by atoms with E-state index in [9.17, 15) is 85.3 Å². The van der Waals surface area contributed by atoms with Crippen LogP contribution in [0.4, 0.5) is 74.5 Å². The first-order valence-electron chi connectivity index (χ1n) is 32.7. The zero-order chi connectivity index (χ0) is 84.8. The number of para-hydroxylation sites is 2. The number of anilines is 4. The molecule has 3 aromatic heterocycles. The summed E-state index contributed by atoms with van der Waals surface area (Å²) in [6.07, 6.45) is 3.13. The predicted octanol–water partition coefficient (Wildman–Crippen LogP) is 13.8. The lowest BCUT2D eigenvalue weighted by Gasteiger charge is -2.14. The first-order chi connectivity index (χ1) is 54.0. The number of nitro benzene ring substituents is 1. The number of benzene rings is 6. The molecular weight excluding hydrogens is 1720 g/mol. The lowest BCUT2D eigenvalue weighted by atomic mass is 10.1. The minimum Gasteiger partial charge on any atom is -0.493 e. The smallest absolute Gasteiger partial charge is 0.425 e. The van der Waals surface area contributed by atoms with Gasteiger partial charge < -0.3 is 20.5 Å². The molecule has 0 amide bonds. The van der Waals surface area contributed by atoms with E-state index in [-0.39, 0.29) is 138 Å². The fourth-order valence-corrected chi connectivity index (χ4v) is 15.7. The summed E-state index contributed by atoms with van der Waals surface area (Å²) in [7, 11) is -29.4. The number of ether oxygens (including phenoxy) is 1. The Morgan fingerprint density at radius 2 is 1.09 bits per heavy atom. The van der Waals surface area contributed by atoms with Crippen LogP contribution in [-0.4, -0.2) is 166 Å². The Morgan fingerprint density at radius 3 is 1.67 bits per heavy atom. The minimum atomic E-state index is -5.10. The lowest BCUT2D eigenvalue weighted by molar-refractivity contribution is -0.385. The number of rotatable bonds is 36. The van der Waals surface area contributed by atoms with E-state index < -0.39 is 121 Å². The predicted molar refractivity (Wildman–Crippen MR) is 419 cm³/mol. The van der Waals surface area contributed by atoms with Crippen LogP contribution in [0.25, 0.3) is 16.7 Å². The van der Waals surface area contributed by atoms with Crippen molar-refractivity contribution in [3.8, 4) is 17.7 Å². The van der Waals surface area contributed by atoms with E-state index in [0.717, 1.165) is 67.4 Å². The summed E-state index contributed by atoms with van der Waals surface area (Å²) in [4.78, 5) is 28.3. The maximum atomic E-state index is 12.4. The average molecular weight is 1780 g/mol. The van der Waals surface area contributed by atoms with Crippen LogP contribution in [0.5, 0.6) is 11.6 Å². The summed E-state index contributed by atoms with van der Waals surface area (Å²) in [5.41, 5.74) is 1.24. The van der Waals surface area contributed by atoms with Crippen molar-refractivity contribution in [2.75, 3.05) is 51.8 Å². The monoisotopic (exact) mass is 1780 g/mol. The van der Waals surface area contributed by atoms with Gasteiger partial charge in [0.25, 0.3) is 56.3 Å². The molecule has 9 aromatic rings. The summed E-state index contributed by atoms with van der Waals surface area (Å²) in [6, 6.07) is 25.4. The van der Waals surface area contributed by atoms with E-state index in [1.165, 1.54) is 70.8 Å². The summed E-state index contributed by atoms with van der Waals surface area (Å²) in [5.74, 6) is -2.17. The summed E-state index contributed by atoms with van der Waals surface area (Å²) < 4.78 is 228. The molecule has 0 aliphatic rings. The Hall–Kier alpha value is -10.4. The number of unbranched alkanes of at least 4 members (excludes halogenated alkanes) is 3. The molecule has 42 nitrogen and oxygen atoms in total.